The molecule has 2 rings (SSSR count). The molecule has 2 atom stereocenters. The molecule has 2 nitrogen and oxygen atoms in total. The number of aliphatic hydroxyl groups excluding tert-OH is 1. The fraction of sp³-hybridized carbons (Fsp3) is 1.00. The predicted octanol–water partition coefficient (Wildman–Crippen LogP) is 2.50. The molecule has 1 aliphatic carbocycles. The van der Waals surface area contributed by atoms with Crippen molar-refractivity contribution in [2.24, 2.45) is 5.41 Å². The summed E-state index contributed by atoms with van der Waals surface area (Å²) in [5.41, 5.74) is 0.274. The third kappa shape index (κ3) is 2.48. The van der Waals surface area contributed by atoms with Gasteiger partial charge in [0.2, 0.25) is 0 Å². The molecule has 1 aliphatic heterocycles. The first-order valence-electron chi connectivity index (χ1n) is 6.00. The van der Waals surface area contributed by atoms with Gasteiger partial charge in [0, 0.05) is 6.61 Å². The Bertz CT molecular complexity index is 181. The van der Waals surface area contributed by atoms with Gasteiger partial charge in [-0.2, -0.15) is 0 Å². The topological polar surface area (TPSA) is 29.5 Å². The fourth-order valence-electron chi connectivity index (χ4n) is 2.29. The number of ether oxygens (including phenoxy) is 1. The van der Waals surface area contributed by atoms with Crippen LogP contribution in [0, 0.1) is 5.41 Å². The molecule has 2 aliphatic rings. The van der Waals surface area contributed by atoms with Crippen molar-refractivity contribution < 1.29 is 9.84 Å². The predicted molar refractivity (Wildman–Crippen MR) is 56.2 cm³/mol. The lowest BCUT2D eigenvalue weighted by molar-refractivity contribution is 0.0739. The summed E-state index contributed by atoms with van der Waals surface area (Å²) in [6.07, 6.45) is 8.56. The van der Waals surface area contributed by atoms with Crippen LogP contribution in [0.2, 0.25) is 0 Å². The second-order valence-electron chi connectivity index (χ2n) is 5.24. The zero-order chi connectivity index (χ0) is 10.0. The van der Waals surface area contributed by atoms with Gasteiger partial charge >= 0.3 is 0 Å². The van der Waals surface area contributed by atoms with Gasteiger partial charge in [-0.3, -0.25) is 0 Å². The van der Waals surface area contributed by atoms with Crippen molar-refractivity contribution >= 4 is 0 Å². The molecule has 0 spiro atoms. The van der Waals surface area contributed by atoms with Gasteiger partial charge in [-0.1, -0.05) is 6.92 Å². The van der Waals surface area contributed by atoms with Gasteiger partial charge in [-0.05, 0) is 50.4 Å². The van der Waals surface area contributed by atoms with E-state index in [9.17, 15) is 5.11 Å². The quantitative estimate of drug-likeness (QED) is 0.735. The van der Waals surface area contributed by atoms with E-state index in [1.54, 1.807) is 0 Å². The van der Waals surface area contributed by atoms with Crippen molar-refractivity contribution in [3.63, 3.8) is 0 Å². The molecule has 0 radical (unpaired) electrons. The van der Waals surface area contributed by atoms with E-state index in [1.165, 1.54) is 25.7 Å². The van der Waals surface area contributed by atoms with Crippen LogP contribution in [0.5, 0.6) is 0 Å². The summed E-state index contributed by atoms with van der Waals surface area (Å²) in [5.74, 6) is 0. The Kier molecular flexibility index (Phi) is 3.13. The SMILES string of the molecule is CC1(C(O)CCCC2CCCO2)CC1. The summed E-state index contributed by atoms with van der Waals surface area (Å²) in [5, 5.41) is 9.88. The summed E-state index contributed by atoms with van der Waals surface area (Å²) in [4.78, 5) is 0. The first-order chi connectivity index (χ1) is 6.71. The first kappa shape index (κ1) is 10.4. The van der Waals surface area contributed by atoms with Crippen LogP contribution in [0.4, 0.5) is 0 Å². The Morgan fingerprint density at radius 2 is 2.29 bits per heavy atom. The lowest BCUT2D eigenvalue weighted by atomic mass is 9.96. The number of hydrogen-bond donors (Lipinski definition) is 1. The summed E-state index contributed by atoms with van der Waals surface area (Å²) in [7, 11) is 0. The van der Waals surface area contributed by atoms with E-state index in [1.807, 2.05) is 0 Å². The second-order valence-corrected chi connectivity index (χ2v) is 5.24. The zero-order valence-corrected chi connectivity index (χ0v) is 9.17. The largest absolute Gasteiger partial charge is 0.393 e. The normalized spacial score (nSPS) is 31.7. The van der Waals surface area contributed by atoms with E-state index in [0.29, 0.717) is 6.10 Å². The van der Waals surface area contributed by atoms with Crippen LogP contribution < -0.4 is 0 Å². The number of rotatable bonds is 5. The molecule has 0 aromatic heterocycles. The van der Waals surface area contributed by atoms with Gasteiger partial charge in [0.25, 0.3) is 0 Å². The van der Waals surface area contributed by atoms with Crippen molar-refractivity contribution in [1.29, 1.82) is 0 Å². The molecule has 1 heterocycles. The molecular formula is C12H22O2. The standard InChI is InChI=1S/C12H22O2/c1-12(7-8-12)11(13)6-2-4-10-5-3-9-14-10/h10-11,13H,2-9H2,1H3. The monoisotopic (exact) mass is 198 g/mol. The molecule has 2 unspecified atom stereocenters. The third-order valence-corrected chi connectivity index (χ3v) is 3.87. The Hall–Kier alpha value is -0.0800. The molecule has 2 fully saturated rings. The molecule has 0 aromatic carbocycles. The van der Waals surface area contributed by atoms with Crippen LogP contribution in [0.1, 0.15) is 51.9 Å². The molecule has 14 heavy (non-hydrogen) atoms. The highest BCUT2D eigenvalue weighted by atomic mass is 16.5. The molecule has 1 N–H and O–H groups in total. The minimum atomic E-state index is -0.0658. The minimum absolute atomic E-state index is 0.0658. The summed E-state index contributed by atoms with van der Waals surface area (Å²) >= 11 is 0. The lowest BCUT2D eigenvalue weighted by Gasteiger charge is -2.18. The van der Waals surface area contributed by atoms with Crippen molar-refractivity contribution in [1.82, 2.24) is 0 Å². The third-order valence-electron chi connectivity index (χ3n) is 3.87. The molecule has 1 saturated carbocycles. The molecule has 1 saturated heterocycles. The Morgan fingerprint density at radius 1 is 1.50 bits per heavy atom. The highest BCUT2D eigenvalue weighted by molar-refractivity contribution is 4.94. The Labute approximate surface area is 86.6 Å². The van der Waals surface area contributed by atoms with Gasteiger partial charge in [0.15, 0.2) is 0 Å². The van der Waals surface area contributed by atoms with Crippen LogP contribution in [0.3, 0.4) is 0 Å². The van der Waals surface area contributed by atoms with E-state index in [0.717, 1.165) is 25.9 Å². The van der Waals surface area contributed by atoms with Gasteiger partial charge in [0.05, 0.1) is 12.2 Å². The van der Waals surface area contributed by atoms with Crippen LogP contribution >= 0.6 is 0 Å². The summed E-state index contributed by atoms with van der Waals surface area (Å²) in [6.45, 7) is 3.15. The van der Waals surface area contributed by atoms with E-state index in [4.69, 9.17) is 4.74 Å². The highest BCUT2D eigenvalue weighted by Crippen LogP contribution is 2.49. The molecule has 0 bridgehead atoms. The van der Waals surface area contributed by atoms with Gasteiger partial charge in [0.1, 0.15) is 0 Å². The zero-order valence-electron chi connectivity index (χ0n) is 9.17. The molecule has 0 aromatic rings. The van der Waals surface area contributed by atoms with E-state index < -0.39 is 0 Å². The number of hydrogen-bond acceptors (Lipinski definition) is 2. The minimum Gasteiger partial charge on any atom is -0.393 e. The molecule has 0 amide bonds. The average molecular weight is 198 g/mol. The van der Waals surface area contributed by atoms with Gasteiger partial charge < -0.3 is 9.84 Å². The smallest absolute Gasteiger partial charge is 0.0593 e. The number of aliphatic hydroxyl groups is 1. The van der Waals surface area contributed by atoms with Crippen LogP contribution in [-0.2, 0) is 4.74 Å². The highest BCUT2D eigenvalue weighted by Gasteiger charge is 2.43. The van der Waals surface area contributed by atoms with Crippen molar-refractivity contribution in [3.8, 4) is 0 Å². The maximum Gasteiger partial charge on any atom is 0.0593 e. The summed E-state index contributed by atoms with van der Waals surface area (Å²) < 4.78 is 5.55. The fourth-order valence-corrected chi connectivity index (χ4v) is 2.29. The lowest BCUT2D eigenvalue weighted by Crippen LogP contribution is -2.19. The maximum absolute atomic E-state index is 9.88. The van der Waals surface area contributed by atoms with Crippen molar-refractivity contribution in [2.75, 3.05) is 6.61 Å². The van der Waals surface area contributed by atoms with Crippen LogP contribution in [0.15, 0.2) is 0 Å². The van der Waals surface area contributed by atoms with Crippen molar-refractivity contribution in [3.05, 3.63) is 0 Å². The summed E-state index contributed by atoms with van der Waals surface area (Å²) in [6, 6.07) is 0. The van der Waals surface area contributed by atoms with Crippen LogP contribution in [0.25, 0.3) is 0 Å². The molecule has 82 valence electrons. The van der Waals surface area contributed by atoms with E-state index in [-0.39, 0.29) is 11.5 Å². The van der Waals surface area contributed by atoms with Gasteiger partial charge in [-0.15, -0.1) is 0 Å². The molecular weight excluding hydrogens is 176 g/mol. The van der Waals surface area contributed by atoms with Crippen molar-refractivity contribution in [2.45, 2.75) is 64.1 Å². The Balaban J connectivity index is 1.58. The molecule has 2 heteroatoms. The average Bonchev–Trinajstić information content (AvgIpc) is 2.73. The second kappa shape index (κ2) is 4.19. The van der Waals surface area contributed by atoms with Gasteiger partial charge in [-0.25, -0.2) is 0 Å². The van der Waals surface area contributed by atoms with Crippen LogP contribution in [-0.4, -0.2) is 23.9 Å². The maximum atomic E-state index is 9.88. The van der Waals surface area contributed by atoms with E-state index in [2.05, 4.69) is 6.92 Å². The Morgan fingerprint density at radius 3 is 2.86 bits per heavy atom. The first-order valence-corrected chi connectivity index (χ1v) is 6.00. The van der Waals surface area contributed by atoms with E-state index >= 15 is 0 Å².